The maximum absolute atomic E-state index is 5.19. The molecule has 0 heterocycles. The average molecular weight is 133 g/mol. The van der Waals surface area contributed by atoms with Gasteiger partial charge in [-0.05, 0) is 11.9 Å². The van der Waals surface area contributed by atoms with Crippen LogP contribution in [-0.4, -0.2) is 5.04 Å². The van der Waals surface area contributed by atoms with Crippen molar-refractivity contribution in [1.29, 1.82) is 0 Å². The van der Waals surface area contributed by atoms with Crippen molar-refractivity contribution in [2.24, 2.45) is 22.0 Å². The third kappa shape index (κ3) is 2.18. The molecule has 0 atom stereocenters. The van der Waals surface area contributed by atoms with Gasteiger partial charge in [0.25, 0.3) is 0 Å². The summed E-state index contributed by atoms with van der Waals surface area (Å²) in [7, 11) is 0. The van der Waals surface area contributed by atoms with Gasteiger partial charge in [0, 0.05) is 5.92 Å². The molecule has 0 aromatic heterocycles. The van der Waals surface area contributed by atoms with E-state index in [0.717, 1.165) is 17.0 Å². The van der Waals surface area contributed by atoms with Gasteiger partial charge in [-0.1, -0.05) is 13.8 Å². The highest BCUT2D eigenvalue weighted by atomic mass is 32.2. The summed E-state index contributed by atoms with van der Waals surface area (Å²) in [5, 5.41) is 9.43. The molecule has 4 heteroatoms. The fraction of sp³-hybridized carbons (Fsp3) is 0.750. The predicted molar refractivity (Wildman–Crippen MR) is 38.2 cm³/mol. The summed E-state index contributed by atoms with van der Waals surface area (Å²) in [4.78, 5) is 0. The van der Waals surface area contributed by atoms with Crippen LogP contribution in [0.5, 0.6) is 0 Å². The summed E-state index contributed by atoms with van der Waals surface area (Å²) in [5.41, 5.74) is 0. The van der Waals surface area contributed by atoms with Gasteiger partial charge < -0.3 is 5.84 Å². The zero-order valence-electron chi connectivity index (χ0n) is 5.09. The van der Waals surface area contributed by atoms with E-state index in [2.05, 4.69) is 5.10 Å². The Bertz CT molecular complexity index is 89.3. The van der Waals surface area contributed by atoms with E-state index in [4.69, 9.17) is 11.0 Å². The third-order valence-electron chi connectivity index (χ3n) is 0.742. The Balaban J connectivity index is 3.72. The molecule has 0 aromatic carbocycles. The summed E-state index contributed by atoms with van der Waals surface area (Å²) in [5.74, 6) is 5.31. The Morgan fingerprint density at radius 2 is 2.12 bits per heavy atom. The molecule has 0 radical (unpaired) electrons. The molecule has 0 bridgehead atoms. The molecule has 0 unspecified atom stereocenters. The van der Waals surface area contributed by atoms with Crippen molar-refractivity contribution in [2.45, 2.75) is 13.8 Å². The maximum Gasteiger partial charge on any atom is 0.110 e. The molecule has 0 aliphatic carbocycles. The van der Waals surface area contributed by atoms with Crippen LogP contribution < -0.4 is 11.0 Å². The van der Waals surface area contributed by atoms with Crippen LogP contribution in [0.2, 0.25) is 0 Å². The molecule has 0 aliphatic heterocycles. The molecule has 0 aliphatic rings. The molecule has 3 nitrogen and oxygen atoms in total. The Kier molecular flexibility index (Phi) is 3.64. The molecule has 0 amide bonds. The van der Waals surface area contributed by atoms with Crippen LogP contribution in [0.3, 0.4) is 0 Å². The second-order valence-corrected chi connectivity index (χ2v) is 2.39. The summed E-state index contributed by atoms with van der Waals surface area (Å²) in [6.45, 7) is 3.98. The molecule has 0 aromatic rings. The average Bonchev–Trinajstić information content (AvgIpc) is 1.69. The molecular formula is C4H11N3S. The minimum absolute atomic E-state index is 0.343. The quantitative estimate of drug-likeness (QED) is 0.180. The molecule has 0 fully saturated rings. The SMILES string of the molecule is CC(C)/C(=N/N)SN. The Labute approximate surface area is 53.6 Å². The second kappa shape index (κ2) is 3.74. The zero-order valence-corrected chi connectivity index (χ0v) is 5.90. The van der Waals surface area contributed by atoms with Crippen LogP contribution in [0, 0.1) is 5.92 Å². The van der Waals surface area contributed by atoms with Crippen LogP contribution in [0.4, 0.5) is 0 Å². The fourth-order valence-corrected chi connectivity index (χ4v) is 0.649. The van der Waals surface area contributed by atoms with Gasteiger partial charge in [-0.15, -0.1) is 0 Å². The highest BCUT2D eigenvalue weighted by Crippen LogP contribution is 2.03. The lowest BCUT2D eigenvalue weighted by molar-refractivity contribution is 0.892. The molecule has 4 N–H and O–H groups in total. The van der Waals surface area contributed by atoms with Crippen molar-refractivity contribution in [3.63, 3.8) is 0 Å². The topological polar surface area (TPSA) is 64.4 Å². The van der Waals surface area contributed by atoms with Gasteiger partial charge in [0.15, 0.2) is 0 Å². The summed E-state index contributed by atoms with van der Waals surface area (Å²) < 4.78 is 0. The van der Waals surface area contributed by atoms with Crippen molar-refractivity contribution in [2.75, 3.05) is 0 Å². The standard InChI is InChI=1S/C4H11N3S/c1-3(2)4(7-5)8-6/h3H,5-6H2,1-2H3/b7-4-. The zero-order chi connectivity index (χ0) is 6.57. The van der Waals surface area contributed by atoms with Gasteiger partial charge in [0.05, 0.1) is 0 Å². The first-order valence-corrected chi connectivity index (χ1v) is 3.24. The van der Waals surface area contributed by atoms with E-state index in [0.29, 0.717) is 5.92 Å². The van der Waals surface area contributed by atoms with Crippen LogP contribution >= 0.6 is 11.9 Å². The van der Waals surface area contributed by atoms with Crippen molar-refractivity contribution in [1.82, 2.24) is 0 Å². The van der Waals surface area contributed by atoms with Crippen molar-refractivity contribution in [3.05, 3.63) is 0 Å². The minimum Gasteiger partial charge on any atom is -0.322 e. The highest BCUT2D eigenvalue weighted by molar-refractivity contribution is 8.12. The van der Waals surface area contributed by atoms with Crippen LogP contribution in [0.15, 0.2) is 5.10 Å². The van der Waals surface area contributed by atoms with Crippen LogP contribution in [-0.2, 0) is 0 Å². The Hall–Kier alpha value is -0.220. The second-order valence-electron chi connectivity index (χ2n) is 1.74. The van der Waals surface area contributed by atoms with Gasteiger partial charge in [-0.25, -0.2) is 0 Å². The first-order chi connectivity index (χ1) is 3.72. The van der Waals surface area contributed by atoms with Crippen molar-refractivity contribution >= 4 is 17.0 Å². The van der Waals surface area contributed by atoms with E-state index < -0.39 is 0 Å². The predicted octanol–water partition coefficient (Wildman–Crippen LogP) is 0.522. The smallest absolute Gasteiger partial charge is 0.110 e. The van der Waals surface area contributed by atoms with Gasteiger partial charge in [-0.3, -0.25) is 5.14 Å². The van der Waals surface area contributed by atoms with E-state index in [1.807, 2.05) is 13.8 Å². The van der Waals surface area contributed by atoms with Gasteiger partial charge in [-0.2, -0.15) is 5.10 Å². The number of hydrogen-bond acceptors (Lipinski definition) is 4. The van der Waals surface area contributed by atoms with Gasteiger partial charge >= 0.3 is 0 Å². The third-order valence-corrected chi connectivity index (χ3v) is 1.56. The van der Waals surface area contributed by atoms with E-state index >= 15 is 0 Å². The highest BCUT2D eigenvalue weighted by Gasteiger charge is 2.00. The normalized spacial score (nSPS) is 12.8. The number of rotatable bonds is 1. The van der Waals surface area contributed by atoms with Crippen molar-refractivity contribution in [3.8, 4) is 0 Å². The van der Waals surface area contributed by atoms with E-state index in [1.165, 1.54) is 0 Å². The Morgan fingerprint density at radius 3 is 2.12 bits per heavy atom. The van der Waals surface area contributed by atoms with E-state index in [-0.39, 0.29) is 0 Å². The molecule has 0 rings (SSSR count). The number of nitrogens with two attached hydrogens (primary N) is 2. The molecular weight excluding hydrogens is 122 g/mol. The van der Waals surface area contributed by atoms with Gasteiger partial charge in [0.2, 0.25) is 0 Å². The first-order valence-electron chi connectivity index (χ1n) is 2.37. The van der Waals surface area contributed by atoms with Crippen LogP contribution in [0.25, 0.3) is 0 Å². The lowest BCUT2D eigenvalue weighted by atomic mass is 10.2. The summed E-state index contributed by atoms with van der Waals surface area (Å²) >= 11 is 1.10. The first kappa shape index (κ1) is 7.78. The minimum atomic E-state index is 0.343. The van der Waals surface area contributed by atoms with Gasteiger partial charge in [0.1, 0.15) is 5.04 Å². The molecule has 48 valence electrons. The number of hydrazone groups is 1. The summed E-state index contributed by atoms with van der Waals surface area (Å²) in [6.07, 6.45) is 0. The fourth-order valence-electron chi connectivity index (χ4n) is 0.316. The monoisotopic (exact) mass is 133 g/mol. The molecule has 0 saturated carbocycles. The largest absolute Gasteiger partial charge is 0.322 e. The number of nitrogens with zero attached hydrogens (tertiary/aromatic N) is 1. The Morgan fingerprint density at radius 1 is 1.62 bits per heavy atom. The molecule has 0 spiro atoms. The lowest BCUT2D eigenvalue weighted by Crippen LogP contribution is -2.07. The summed E-state index contributed by atoms with van der Waals surface area (Å²) in [6, 6.07) is 0. The molecule has 0 saturated heterocycles. The van der Waals surface area contributed by atoms with Crippen LogP contribution in [0.1, 0.15) is 13.8 Å². The molecule has 8 heavy (non-hydrogen) atoms. The lowest BCUT2D eigenvalue weighted by Gasteiger charge is -2.01. The van der Waals surface area contributed by atoms with E-state index in [1.54, 1.807) is 0 Å². The maximum atomic E-state index is 5.19. The van der Waals surface area contributed by atoms with E-state index in [9.17, 15) is 0 Å². The van der Waals surface area contributed by atoms with Crippen molar-refractivity contribution < 1.29 is 0 Å². The number of hydrogen-bond donors (Lipinski definition) is 2.